The molecule has 1 heterocycles. The number of carbonyl (C=O) groups excluding carboxylic acids is 2. The molecule has 3 aromatic rings. The standard InChI is InChI=1S/C26H28N4O5/c1-29(14-8-7-13-23(31)32)25(33)21-15-30(2)28-24(21)27-26(34)35-16-22-19-11-5-3-9-17(19)18-10-4-6-12-20(18)22/h3-6,9-12,15,22H,7-8,13-14,16H2,1-2H3,(H,31,32)(H,27,28,34). The van der Waals surface area contributed by atoms with E-state index < -0.39 is 12.1 Å². The monoisotopic (exact) mass is 476 g/mol. The highest BCUT2D eigenvalue weighted by molar-refractivity contribution is 6.01. The van der Waals surface area contributed by atoms with Crippen molar-refractivity contribution in [2.75, 3.05) is 25.5 Å². The Labute approximate surface area is 203 Å². The number of hydrogen-bond donors (Lipinski definition) is 2. The summed E-state index contributed by atoms with van der Waals surface area (Å²) in [5.41, 5.74) is 4.74. The lowest BCUT2D eigenvalue weighted by Crippen LogP contribution is -2.29. The summed E-state index contributed by atoms with van der Waals surface area (Å²) in [7, 11) is 3.29. The normalized spacial score (nSPS) is 12.1. The molecule has 2 aromatic carbocycles. The molecule has 0 aliphatic heterocycles. The van der Waals surface area contributed by atoms with Gasteiger partial charge in [-0.15, -0.1) is 0 Å². The zero-order valence-corrected chi connectivity index (χ0v) is 19.7. The predicted octanol–water partition coefficient (Wildman–Crippen LogP) is 4.11. The fourth-order valence-corrected chi connectivity index (χ4v) is 4.40. The molecule has 0 unspecified atom stereocenters. The van der Waals surface area contributed by atoms with Crippen LogP contribution in [-0.2, 0) is 16.6 Å². The zero-order chi connectivity index (χ0) is 24.9. The lowest BCUT2D eigenvalue weighted by atomic mass is 9.98. The van der Waals surface area contributed by atoms with E-state index in [1.807, 2.05) is 36.4 Å². The minimum atomic E-state index is -0.860. The number of anilines is 1. The number of fused-ring (bicyclic) bond motifs is 3. The highest BCUT2D eigenvalue weighted by Crippen LogP contribution is 2.44. The third-order valence-corrected chi connectivity index (χ3v) is 6.10. The largest absolute Gasteiger partial charge is 0.481 e. The van der Waals surface area contributed by atoms with Crippen LogP contribution in [0.4, 0.5) is 10.6 Å². The van der Waals surface area contributed by atoms with Crippen LogP contribution >= 0.6 is 0 Å². The third kappa shape index (κ3) is 5.34. The molecule has 0 radical (unpaired) electrons. The number of amides is 2. The molecule has 0 fully saturated rings. The quantitative estimate of drug-likeness (QED) is 0.450. The maximum atomic E-state index is 12.9. The van der Waals surface area contributed by atoms with Crippen molar-refractivity contribution in [3.8, 4) is 11.1 Å². The number of hydrogen-bond acceptors (Lipinski definition) is 5. The van der Waals surface area contributed by atoms with Gasteiger partial charge in [0, 0.05) is 39.2 Å². The van der Waals surface area contributed by atoms with E-state index in [4.69, 9.17) is 9.84 Å². The number of aliphatic carboxylic acids is 1. The summed E-state index contributed by atoms with van der Waals surface area (Å²) in [6, 6.07) is 16.2. The number of unbranched alkanes of at least 4 members (excludes halogenated alkanes) is 1. The molecule has 1 aliphatic carbocycles. The zero-order valence-electron chi connectivity index (χ0n) is 19.7. The molecule has 2 amide bonds. The summed E-state index contributed by atoms with van der Waals surface area (Å²) in [5, 5.41) is 15.6. The van der Waals surface area contributed by atoms with Crippen LogP contribution in [-0.4, -0.2) is 58.0 Å². The number of nitrogens with one attached hydrogen (secondary N) is 1. The van der Waals surface area contributed by atoms with Gasteiger partial charge in [0.1, 0.15) is 12.2 Å². The summed E-state index contributed by atoms with van der Waals surface area (Å²) < 4.78 is 7.02. The molecular weight excluding hydrogens is 448 g/mol. The van der Waals surface area contributed by atoms with Crippen LogP contribution in [0.5, 0.6) is 0 Å². The van der Waals surface area contributed by atoms with Crippen molar-refractivity contribution in [1.82, 2.24) is 14.7 Å². The van der Waals surface area contributed by atoms with Crippen LogP contribution in [0.25, 0.3) is 11.1 Å². The van der Waals surface area contributed by atoms with E-state index >= 15 is 0 Å². The average molecular weight is 477 g/mol. The molecule has 1 aliphatic rings. The molecule has 0 spiro atoms. The van der Waals surface area contributed by atoms with E-state index in [0.29, 0.717) is 19.4 Å². The minimum absolute atomic E-state index is 0.0590. The number of aryl methyl sites for hydroxylation is 1. The van der Waals surface area contributed by atoms with E-state index in [2.05, 4.69) is 22.5 Å². The van der Waals surface area contributed by atoms with Crippen LogP contribution in [0, 0.1) is 0 Å². The fourth-order valence-electron chi connectivity index (χ4n) is 4.40. The molecule has 0 saturated heterocycles. The van der Waals surface area contributed by atoms with Gasteiger partial charge in [0.15, 0.2) is 5.82 Å². The molecule has 2 N–H and O–H groups in total. The van der Waals surface area contributed by atoms with Gasteiger partial charge < -0.3 is 14.7 Å². The molecule has 0 saturated carbocycles. The number of benzene rings is 2. The number of rotatable bonds is 9. The van der Waals surface area contributed by atoms with Crippen LogP contribution in [0.15, 0.2) is 54.7 Å². The van der Waals surface area contributed by atoms with Gasteiger partial charge in [-0.25, -0.2) is 4.79 Å². The Balaban J connectivity index is 1.39. The van der Waals surface area contributed by atoms with E-state index in [9.17, 15) is 14.4 Å². The Bertz CT molecular complexity index is 1210. The number of carboxylic acid groups (broad SMARTS) is 1. The van der Waals surface area contributed by atoms with E-state index in [1.165, 1.54) is 15.8 Å². The topological polar surface area (TPSA) is 114 Å². The average Bonchev–Trinajstić information content (AvgIpc) is 3.37. The van der Waals surface area contributed by atoms with Gasteiger partial charge in [-0.1, -0.05) is 48.5 Å². The lowest BCUT2D eigenvalue weighted by molar-refractivity contribution is -0.137. The summed E-state index contributed by atoms with van der Waals surface area (Å²) in [6.07, 6.45) is 1.94. The summed E-state index contributed by atoms with van der Waals surface area (Å²) in [4.78, 5) is 37.7. The predicted molar refractivity (Wildman–Crippen MR) is 130 cm³/mol. The van der Waals surface area contributed by atoms with E-state index in [0.717, 1.165) is 22.3 Å². The van der Waals surface area contributed by atoms with E-state index in [1.54, 1.807) is 14.1 Å². The van der Waals surface area contributed by atoms with E-state index in [-0.39, 0.29) is 36.2 Å². The second-order valence-corrected chi connectivity index (χ2v) is 8.59. The van der Waals surface area contributed by atoms with Gasteiger partial charge in [-0.05, 0) is 35.1 Å². The molecule has 9 heteroatoms. The Hall–Kier alpha value is -4.14. The van der Waals surface area contributed by atoms with Crippen molar-refractivity contribution in [2.45, 2.75) is 25.2 Å². The van der Waals surface area contributed by atoms with Crippen LogP contribution in [0.3, 0.4) is 0 Å². The van der Waals surface area contributed by atoms with Crippen molar-refractivity contribution in [3.05, 3.63) is 71.4 Å². The maximum Gasteiger partial charge on any atom is 0.412 e. The molecule has 4 rings (SSSR count). The van der Waals surface area contributed by atoms with Gasteiger partial charge in [0.2, 0.25) is 0 Å². The van der Waals surface area contributed by atoms with Crippen LogP contribution in [0.1, 0.15) is 46.7 Å². The third-order valence-electron chi connectivity index (χ3n) is 6.10. The van der Waals surface area contributed by atoms with Crippen molar-refractivity contribution >= 4 is 23.8 Å². The Morgan fingerprint density at radius 3 is 2.31 bits per heavy atom. The summed E-state index contributed by atoms with van der Waals surface area (Å²) >= 11 is 0. The molecule has 0 bridgehead atoms. The molecule has 9 nitrogen and oxygen atoms in total. The summed E-state index contributed by atoms with van der Waals surface area (Å²) in [5.74, 6) is -1.13. The lowest BCUT2D eigenvalue weighted by Gasteiger charge is -2.17. The maximum absolute atomic E-state index is 12.9. The van der Waals surface area contributed by atoms with Crippen molar-refractivity contribution < 1.29 is 24.2 Å². The first-order valence-electron chi connectivity index (χ1n) is 11.5. The molecule has 0 atom stereocenters. The van der Waals surface area contributed by atoms with Crippen molar-refractivity contribution in [3.63, 3.8) is 0 Å². The highest BCUT2D eigenvalue weighted by Gasteiger charge is 2.29. The number of carboxylic acids is 1. The fraction of sp³-hybridized carbons (Fsp3) is 0.308. The van der Waals surface area contributed by atoms with Crippen LogP contribution < -0.4 is 5.32 Å². The molecular formula is C26H28N4O5. The first kappa shape index (κ1) is 24.0. The minimum Gasteiger partial charge on any atom is -0.481 e. The van der Waals surface area contributed by atoms with Gasteiger partial charge in [-0.3, -0.25) is 19.6 Å². The number of ether oxygens (including phenoxy) is 1. The number of aromatic nitrogens is 2. The number of carbonyl (C=O) groups is 3. The smallest absolute Gasteiger partial charge is 0.412 e. The van der Waals surface area contributed by atoms with Gasteiger partial charge >= 0.3 is 12.1 Å². The second-order valence-electron chi connectivity index (χ2n) is 8.59. The number of nitrogens with zero attached hydrogens (tertiary/aromatic N) is 3. The first-order chi connectivity index (χ1) is 16.8. The first-order valence-corrected chi connectivity index (χ1v) is 11.5. The SMILES string of the molecule is CN(CCCCC(=O)O)C(=O)c1cn(C)nc1NC(=O)OCC1c2ccccc2-c2ccccc21. The molecule has 35 heavy (non-hydrogen) atoms. The molecule has 1 aromatic heterocycles. The van der Waals surface area contributed by atoms with Gasteiger partial charge in [0.25, 0.3) is 5.91 Å². The van der Waals surface area contributed by atoms with Crippen LogP contribution in [0.2, 0.25) is 0 Å². The van der Waals surface area contributed by atoms with Crippen molar-refractivity contribution in [1.29, 1.82) is 0 Å². The Morgan fingerprint density at radius 1 is 1.06 bits per heavy atom. The summed E-state index contributed by atoms with van der Waals surface area (Å²) in [6.45, 7) is 0.546. The second kappa shape index (κ2) is 10.4. The van der Waals surface area contributed by atoms with Gasteiger partial charge in [-0.2, -0.15) is 5.10 Å². The molecule has 182 valence electrons. The van der Waals surface area contributed by atoms with Crippen molar-refractivity contribution in [2.24, 2.45) is 7.05 Å². The van der Waals surface area contributed by atoms with Gasteiger partial charge in [0.05, 0.1) is 0 Å². The Morgan fingerprint density at radius 2 is 1.69 bits per heavy atom. The Kier molecular flexibility index (Phi) is 7.14. The highest BCUT2D eigenvalue weighted by atomic mass is 16.5.